The summed E-state index contributed by atoms with van der Waals surface area (Å²) in [5.41, 5.74) is 2.60. The number of benzene rings is 2. The maximum atomic E-state index is 13.4. The van der Waals surface area contributed by atoms with Crippen LogP contribution in [0.5, 0.6) is 5.75 Å². The topological polar surface area (TPSA) is 29.5 Å². The van der Waals surface area contributed by atoms with Gasteiger partial charge in [-0.2, -0.15) is 0 Å². The van der Waals surface area contributed by atoms with Crippen LogP contribution in [-0.4, -0.2) is 54.6 Å². The molecule has 2 heterocycles. The minimum atomic E-state index is 0.233. The van der Waals surface area contributed by atoms with Crippen molar-refractivity contribution < 1.29 is 14.0 Å². The number of ether oxygens (including phenoxy) is 1. The molecule has 29 heavy (non-hydrogen) atoms. The monoisotopic (exact) mass is 391 g/mol. The number of quaternary nitrogens is 1. The molecule has 0 aromatic heterocycles. The van der Waals surface area contributed by atoms with E-state index in [1.807, 2.05) is 48.5 Å². The summed E-state index contributed by atoms with van der Waals surface area (Å²) in [6, 6.07) is 15.7. The highest BCUT2D eigenvalue weighted by atomic mass is 16.5. The molecule has 4 rings (SSSR count). The molecule has 2 fully saturated rings. The fourth-order valence-electron chi connectivity index (χ4n) is 4.69. The lowest BCUT2D eigenvalue weighted by Gasteiger charge is -2.35. The van der Waals surface area contributed by atoms with E-state index in [1.54, 1.807) is 0 Å². The van der Waals surface area contributed by atoms with Crippen molar-refractivity contribution >= 4 is 5.91 Å². The molecule has 1 amide bonds. The van der Waals surface area contributed by atoms with E-state index in [0.717, 1.165) is 48.4 Å². The van der Waals surface area contributed by atoms with Crippen LogP contribution in [0.4, 0.5) is 0 Å². The van der Waals surface area contributed by atoms with Gasteiger partial charge in [-0.1, -0.05) is 24.3 Å². The number of rotatable bonds is 6. The number of carbonyl (C=O) groups excluding carboxylic acids is 1. The van der Waals surface area contributed by atoms with Crippen molar-refractivity contribution in [3.63, 3.8) is 0 Å². The van der Waals surface area contributed by atoms with E-state index in [4.69, 9.17) is 11.7 Å². The third-order valence-electron chi connectivity index (χ3n) is 6.58. The quantitative estimate of drug-likeness (QED) is 0.692. The zero-order chi connectivity index (χ0) is 20.3. The minimum Gasteiger partial charge on any atom is -0.489 e. The van der Waals surface area contributed by atoms with Gasteiger partial charge in [-0.25, -0.2) is 4.79 Å². The van der Waals surface area contributed by atoms with Gasteiger partial charge in [0.2, 0.25) is 0 Å². The molecule has 0 saturated carbocycles. The van der Waals surface area contributed by atoms with Gasteiger partial charge >= 0.3 is 5.91 Å². The molecule has 2 radical (unpaired) electrons. The Labute approximate surface area is 174 Å². The van der Waals surface area contributed by atoms with Crippen LogP contribution in [0.3, 0.4) is 0 Å². The Morgan fingerprint density at radius 1 is 1.07 bits per heavy atom. The molecule has 0 N–H and O–H groups in total. The maximum Gasteiger partial charge on any atom is 0.345 e. The number of hydrogen-bond donors (Lipinski definition) is 0. The smallest absolute Gasteiger partial charge is 0.345 e. The van der Waals surface area contributed by atoms with Crippen LogP contribution in [-0.2, 0) is 6.61 Å². The highest BCUT2D eigenvalue weighted by molar-refractivity contribution is 5.89. The van der Waals surface area contributed by atoms with Crippen LogP contribution < -0.4 is 4.74 Å². The van der Waals surface area contributed by atoms with Crippen LogP contribution in [0.1, 0.15) is 47.2 Å². The first kappa shape index (κ1) is 20.1. The number of hydrogen-bond acceptors (Lipinski definition) is 3. The number of amides is 1. The van der Waals surface area contributed by atoms with Crippen molar-refractivity contribution in [2.24, 2.45) is 0 Å². The second kappa shape index (κ2) is 8.68. The molecule has 0 aliphatic carbocycles. The molecule has 4 heteroatoms. The highest BCUT2D eigenvalue weighted by Crippen LogP contribution is 2.30. The molecule has 0 bridgehead atoms. The molecule has 2 aromatic carbocycles. The van der Waals surface area contributed by atoms with E-state index in [9.17, 15) is 4.79 Å². The average molecular weight is 392 g/mol. The first-order valence-electron chi connectivity index (χ1n) is 10.7. The summed E-state index contributed by atoms with van der Waals surface area (Å²) in [6.45, 7) is 10.6. The summed E-state index contributed by atoms with van der Waals surface area (Å²) in [5, 5.41) is 0. The lowest BCUT2D eigenvalue weighted by atomic mass is 10.1. The van der Waals surface area contributed by atoms with Crippen molar-refractivity contribution in [2.45, 2.75) is 38.3 Å². The molecule has 2 aliphatic heterocycles. The summed E-state index contributed by atoms with van der Waals surface area (Å²) in [7, 11) is 2.13. The Balaban J connectivity index is 1.39. The number of nitrogens with zero attached hydrogens (tertiary/aromatic N) is 2. The largest absolute Gasteiger partial charge is 0.489 e. The summed E-state index contributed by atoms with van der Waals surface area (Å²) in [6.07, 6.45) is 4.86. The van der Waals surface area contributed by atoms with Crippen molar-refractivity contribution in [1.82, 2.24) is 4.90 Å². The standard InChI is InChI=1S/C25H31N2O2/c1-20-7-9-21(10-8-20)19-29-24-13-11-22(12-14-24)25(28)27(2)17-5-6-23(27)18-26-15-3-4-16-26/h1,7-14,23H,3-6,15-19H2,2H3/q+1/t23-,27?/m0/s1. The van der Waals surface area contributed by atoms with Crippen LogP contribution in [0.2, 0.25) is 0 Å². The van der Waals surface area contributed by atoms with E-state index in [2.05, 4.69) is 11.9 Å². The van der Waals surface area contributed by atoms with Gasteiger partial charge < -0.3 is 4.74 Å². The third kappa shape index (κ3) is 4.54. The van der Waals surface area contributed by atoms with Crippen molar-refractivity contribution in [1.29, 1.82) is 0 Å². The molecule has 2 saturated heterocycles. The van der Waals surface area contributed by atoms with Crippen molar-refractivity contribution in [3.8, 4) is 5.75 Å². The van der Waals surface area contributed by atoms with Crippen LogP contribution in [0, 0.1) is 6.92 Å². The fourth-order valence-corrected chi connectivity index (χ4v) is 4.69. The number of carbonyl (C=O) groups is 1. The van der Waals surface area contributed by atoms with Crippen LogP contribution in [0.15, 0.2) is 48.5 Å². The molecule has 152 valence electrons. The lowest BCUT2D eigenvalue weighted by Crippen LogP contribution is -2.56. The Kier molecular flexibility index (Phi) is 6.02. The van der Waals surface area contributed by atoms with Crippen molar-refractivity contribution in [2.75, 3.05) is 33.2 Å². The first-order valence-corrected chi connectivity index (χ1v) is 10.7. The zero-order valence-electron chi connectivity index (χ0n) is 17.3. The van der Waals surface area contributed by atoms with Gasteiger partial charge in [0, 0.05) is 12.8 Å². The Morgan fingerprint density at radius 2 is 1.76 bits per heavy atom. The van der Waals surface area contributed by atoms with E-state index in [-0.39, 0.29) is 5.91 Å². The summed E-state index contributed by atoms with van der Waals surface area (Å²) in [4.78, 5) is 15.9. The van der Waals surface area contributed by atoms with E-state index in [0.29, 0.717) is 17.1 Å². The zero-order valence-corrected chi connectivity index (χ0v) is 17.3. The minimum absolute atomic E-state index is 0.233. The number of likely N-dealkylation sites (N-methyl/N-ethyl adjacent to an activating group) is 1. The predicted octanol–water partition coefficient (Wildman–Crippen LogP) is 4.17. The molecule has 2 atom stereocenters. The second-order valence-corrected chi connectivity index (χ2v) is 8.65. The average Bonchev–Trinajstić information content (AvgIpc) is 3.38. The third-order valence-corrected chi connectivity index (χ3v) is 6.58. The number of likely N-dealkylation sites (tertiary alicyclic amines) is 2. The van der Waals surface area contributed by atoms with Gasteiger partial charge in [0.25, 0.3) is 0 Å². The predicted molar refractivity (Wildman–Crippen MR) is 115 cm³/mol. The van der Waals surface area contributed by atoms with E-state index >= 15 is 0 Å². The van der Waals surface area contributed by atoms with Gasteiger partial charge in [-0.05, 0) is 68.2 Å². The Bertz CT molecular complexity index is 825. The SMILES string of the molecule is [CH]c1ccc(COc2ccc(C(=O)[N+]3(C)CCC[C@H]3CN3CCCC3)cc2)cc1. The molecule has 1 unspecified atom stereocenters. The first-order chi connectivity index (χ1) is 14.0. The molecule has 2 aromatic rings. The summed E-state index contributed by atoms with van der Waals surface area (Å²) < 4.78 is 6.39. The normalized spacial score (nSPS) is 24.7. The Morgan fingerprint density at radius 3 is 2.45 bits per heavy atom. The summed E-state index contributed by atoms with van der Waals surface area (Å²) in [5.74, 6) is 1.01. The van der Waals surface area contributed by atoms with Gasteiger partial charge in [0.05, 0.1) is 25.7 Å². The van der Waals surface area contributed by atoms with E-state index < -0.39 is 0 Å². The van der Waals surface area contributed by atoms with Crippen molar-refractivity contribution in [3.05, 3.63) is 72.1 Å². The fraction of sp³-hybridized carbons (Fsp3) is 0.440. The Hall–Kier alpha value is -2.17. The summed E-state index contributed by atoms with van der Waals surface area (Å²) >= 11 is 0. The van der Waals surface area contributed by atoms with Gasteiger partial charge in [0.15, 0.2) is 0 Å². The van der Waals surface area contributed by atoms with Crippen LogP contribution >= 0.6 is 0 Å². The molecule has 2 aliphatic rings. The molecule has 4 nitrogen and oxygen atoms in total. The molecular weight excluding hydrogens is 360 g/mol. The second-order valence-electron chi connectivity index (χ2n) is 8.65. The lowest BCUT2D eigenvalue weighted by molar-refractivity contribution is -0.840. The van der Waals surface area contributed by atoms with Gasteiger partial charge in [-0.3, -0.25) is 9.38 Å². The van der Waals surface area contributed by atoms with Crippen LogP contribution in [0.25, 0.3) is 0 Å². The highest BCUT2D eigenvalue weighted by Gasteiger charge is 2.45. The van der Waals surface area contributed by atoms with E-state index in [1.165, 1.54) is 25.9 Å². The van der Waals surface area contributed by atoms with Gasteiger partial charge in [0.1, 0.15) is 18.4 Å². The molecule has 0 spiro atoms. The maximum absolute atomic E-state index is 13.4. The van der Waals surface area contributed by atoms with Gasteiger partial charge in [-0.15, -0.1) is 0 Å². The molecular formula is C25H31N2O2+.